The van der Waals surface area contributed by atoms with Crippen LogP contribution in [0.1, 0.15) is 95.1 Å². The van der Waals surface area contributed by atoms with Crippen LogP contribution in [0.5, 0.6) is 5.75 Å². The average Bonchev–Trinajstić information content (AvgIpc) is 3.11. The Morgan fingerprint density at radius 2 is 1.45 bits per heavy atom. The average molecular weight is 393 g/mol. The lowest BCUT2D eigenvalue weighted by Gasteiger charge is -2.10. The third kappa shape index (κ3) is 6.45. The third-order valence-corrected chi connectivity index (χ3v) is 5.95. The number of fused-ring (bicyclic) bond motifs is 3. The first kappa shape index (κ1) is 21.6. The quantitative estimate of drug-likeness (QED) is 0.303. The zero-order valence-electron chi connectivity index (χ0n) is 18.1. The Labute approximate surface area is 176 Å². The van der Waals surface area contributed by atoms with Gasteiger partial charge < -0.3 is 4.74 Å². The molecule has 0 radical (unpaired) electrons. The highest BCUT2D eigenvalue weighted by Gasteiger charge is 2.24. The van der Waals surface area contributed by atoms with E-state index < -0.39 is 0 Å². The highest BCUT2D eigenvalue weighted by atomic mass is 16.5. The standard InChI is InChI=1S/C27H36O2/c1-2-3-4-5-6-7-8-9-10-11-12-13-19-29-23-17-18-24-22(20-23)21-26-25(24)15-14-16-27(26)28/h14-18,20-21H,2-13,19H2,1H3. The number of hydrogen-bond donors (Lipinski definition) is 0. The van der Waals surface area contributed by atoms with Crippen molar-refractivity contribution in [3.8, 4) is 5.75 Å². The molecule has 1 aromatic carbocycles. The van der Waals surface area contributed by atoms with Gasteiger partial charge in [-0.3, -0.25) is 4.79 Å². The van der Waals surface area contributed by atoms with Gasteiger partial charge in [0.1, 0.15) is 5.75 Å². The number of carbonyl (C=O) groups is 1. The van der Waals surface area contributed by atoms with Gasteiger partial charge >= 0.3 is 0 Å². The Hall–Kier alpha value is -2.09. The first-order chi connectivity index (χ1) is 14.3. The molecule has 0 saturated carbocycles. The Kier molecular flexibility index (Phi) is 8.80. The number of ether oxygens (including phenoxy) is 1. The fraction of sp³-hybridized carbons (Fsp3) is 0.519. The van der Waals surface area contributed by atoms with E-state index in [4.69, 9.17) is 4.74 Å². The minimum Gasteiger partial charge on any atom is -0.494 e. The van der Waals surface area contributed by atoms with E-state index >= 15 is 0 Å². The molecule has 2 aliphatic rings. The van der Waals surface area contributed by atoms with Crippen LogP contribution in [0.4, 0.5) is 0 Å². The number of allylic oxidation sites excluding steroid dienone is 5. The lowest BCUT2D eigenvalue weighted by molar-refractivity contribution is -0.110. The van der Waals surface area contributed by atoms with Crippen LogP contribution in [0, 0.1) is 0 Å². The van der Waals surface area contributed by atoms with Crippen LogP contribution in [0.2, 0.25) is 0 Å². The zero-order valence-corrected chi connectivity index (χ0v) is 18.1. The van der Waals surface area contributed by atoms with E-state index in [1.165, 1.54) is 70.6 Å². The first-order valence-electron chi connectivity index (χ1n) is 11.7. The van der Waals surface area contributed by atoms with Gasteiger partial charge in [0.15, 0.2) is 5.78 Å². The smallest absolute Gasteiger partial charge is 0.186 e. The molecule has 0 saturated heterocycles. The predicted molar refractivity (Wildman–Crippen MR) is 123 cm³/mol. The van der Waals surface area contributed by atoms with Crippen molar-refractivity contribution >= 4 is 17.4 Å². The molecule has 2 heteroatoms. The second-order valence-corrected chi connectivity index (χ2v) is 8.35. The Morgan fingerprint density at radius 3 is 2.14 bits per heavy atom. The summed E-state index contributed by atoms with van der Waals surface area (Å²) < 4.78 is 5.95. The van der Waals surface area contributed by atoms with Crippen LogP contribution in [0.25, 0.3) is 11.6 Å². The van der Waals surface area contributed by atoms with Crippen LogP contribution in [-0.4, -0.2) is 12.4 Å². The van der Waals surface area contributed by atoms with E-state index in [9.17, 15) is 4.79 Å². The highest BCUT2D eigenvalue weighted by molar-refractivity contribution is 6.23. The molecule has 0 bridgehead atoms. The van der Waals surface area contributed by atoms with E-state index in [1.54, 1.807) is 6.08 Å². The molecule has 0 spiro atoms. The van der Waals surface area contributed by atoms with Crippen LogP contribution >= 0.6 is 0 Å². The van der Waals surface area contributed by atoms with Crippen molar-refractivity contribution in [2.24, 2.45) is 0 Å². The van der Waals surface area contributed by atoms with Crippen LogP contribution in [-0.2, 0) is 4.79 Å². The van der Waals surface area contributed by atoms with E-state index in [1.807, 2.05) is 24.3 Å². The van der Waals surface area contributed by atoms with Crippen molar-refractivity contribution in [2.75, 3.05) is 6.61 Å². The molecule has 0 unspecified atom stereocenters. The summed E-state index contributed by atoms with van der Waals surface area (Å²) in [5.74, 6) is 1.00. The van der Waals surface area contributed by atoms with Crippen molar-refractivity contribution in [1.29, 1.82) is 0 Å². The molecule has 1 aromatic rings. The number of hydrogen-bond acceptors (Lipinski definition) is 2. The molecule has 2 aliphatic carbocycles. The van der Waals surface area contributed by atoms with Gasteiger partial charge in [0.2, 0.25) is 0 Å². The van der Waals surface area contributed by atoms with Gasteiger partial charge in [-0.25, -0.2) is 0 Å². The summed E-state index contributed by atoms with van der Waals surface area (Å²) in [6.07, 6.45) is 23.7. The summed E-state index contributed by atoms with van der Waals surface area (Å²) in [5.41, 5.74) is 4.08. The lowest BCUT2D eigenvalue weighted by Crippen LogP contribution is -2.01. The van der Waals surface area contributed by atoms with Gasteiger partial charge in [0, 0.05) is 5.57 Å². The van der Waals surface area contributed by atoms with Gasteiger partial charge in [-0.05, 0) is 47.4 Å². The molecule has 0 N–H and O–H groups in total. The topological polar surface area (TPSA) is 26.3 Å². The Morgan fingerprint density at radius 1 is 0.793 bits per heavy atom. The van der Waals surface area contributed by atoms with Crippen molar-refractivity contribution in [2.45, 2.75) is 84.0 Å². The van der Waals surface area contributed by atoms with E-state index in [0.29, 0.717) is 0 Å². The molecule has 29 heavy (non-hydrogen) atoms. The Balaban J connectivity index is 1.25. The fourth-order valence-corrected chi connectivity index (χ4v) is 4.21. The molecule has 0 atom stereocenters. The van der Waals surface area contributed by atoms with E-state index in [2.05, 4.69) is 19.1 Å². The largest absolute Gasteiger partial charge is 0.494 e. The van der Waals surface area contributed by atoms with Gasteiger partial charge in [-0.15, -0.1) is 0 Å². The van der Waals surface area contributed by atoms with Crippen LogP contribution in [0.3, 0.4) is 0 Å². The molecule has 156 valence electrons. The summed E-state index contributed by atoms with van der Waals surface area (Å²) in [6.45, 7) is 3.05. The highest BCUT2D eigenvalue weighted by Crippen LogP contribution is 2.39. The minimum atomic E-state index is 0.0951. The van der Waals surface area contributed by atoms with Crippen LogP contribution in [0.15, 0.2) is 42.0 Å². The maximum Gasteiger partial charge on any atom is 0.186 e. The zero-order chi connectivity index (χ0) is 20.3. The van der Waals surface area contributed by atoms with Crippen molar-refractivity contribution in [1.82, 2.24) is 0 Å². The monoisotopic (exact) mass is 392 g/mol. The van der Waals surface area contributed by atoms with Gasteiger partial charge in [-0.1, -0.05) is 95.8 Å². The number of ketones is 1. The molecule has 0 fully saturated rings. The SMILES string of the molecule is CCCCCCCCCCCCCCOc1ccc2c(c1)C=C1C(=O)C=CC=C12. The molecular formula is C27H36O2. The molecule has 0 aliphatic heterocycles. The number of unbranched alkanes of at least 4 members (excludes halogenated alkanes) is 11. The summed E-state index contributed by atoms with van der Waals surface area (Å²) in [6, 6.07) is 6.17. The summed E-state index contributed by atoms with van der Waals surface area (Å²) >= 11 is 0. The van der Waals surface area contributed by atoms with E-state index in [-0.39, 0.29) is 5.78 Å². The number of rotatable bonds is 14. The van der Waals surface area contributed by atoms with Crippen LogP contribution < -0.4 is 4.74 Å². The maximum absolute atomic E-state index is 12.0. The predicted octanol–water partition coefficient (Wildman–Crippen LogP) is 7.69. The van der Waals surface area contributed by atoms with E-state index in [0.717, 1.165) is 41.1 Å². The molecule has 0 amide bonds. The van der Waals surface area contributed by atoms with Gasteiger partial charge in [-0.2, -0.15) is 0 Å². The Bertz CT molecular complexity index is 767. The molecular weight excluding hydrogens is 356 g/mol. The second kappa shape index (κ2) is 11.8. The number of benzene rings is 1. The summed E-state index contributed by atoms with van der Waals surface area (Å²) in [5, 5.41) is 0. The van der Waals surface area contributed by atoms with Crippen molar-refractivity contribution in [3.63, 3.8) is 0 Å². The second-order valence-electron chi connectivity index (χ2n) is 8.35. The van der Waals surface area contributed by atoms with Gasteiger partial charge in [0.05, 0.1) is 6.61 Å². The third-order valence-electron chi connectivity index (χ3n) is 5.95. The maximum atomic E-state index is 12.0. The first-order valence-corrected chi connectivity index (χ1v) is 11.7. The van der Waals surface area contributed by atoms with Crippen molar-refractivity contribution < 1.29 is 9.53 Å². The lowest BCUT2D eigenvalue weighted by atomic mass is 9.96. The van der Waals surface area contributed by atoms with Crippen molar-refractivity contribution in [3.05, 3.63) is 53.1 Å². The molecule has 0 aromatic heterocycles. The molecule has 3 rings (SSSR count). The summed E-state index contributed by atoms with van der Waals surface area (Å²) in [4.78, 5) is 12.0. The molecule has 2 nitrogen and oxygen atoms in total. The normalized spacial score (nSPS) is 14.4. The fourth-order valence-electron chi connectivity index (χ4n) is 4.21. The molecule has 0 heterocycles. The minimum absolute atomic E-state index is 0.0951. The summed E-state index contributed by atoms with van der Waals surface area (Å²) in [7, 11) is 0. The number of carbonyl (C=O) groups excluding carboxylic acids is 1. The van der Waals surface area contributed by atoms with Gasteiger partial charge in [0.25, 0.3) is 0 Å².